The van der Waals surface area contributed by atoms with E-state index in [-0.39, 0.29) is 11.6 Å². The van der Waals surface area contributed by atoms with Gasteiger partial charge in [-0.05, 0) is 55.0 Å². The fraction of sp³-hybridized carbons (Fsp3) is 0.100. The van der Waals surface area contributed by atoms with Crippen molar-refractivity contribution in [3.8, 4) is 11.6 Å². The molecule has 0 aliphatic rings. The second-order valence-corrected chi connectivity index (χ2v) is 6.21. The Bertz CT molecular complexity index is 1140. The normalized spacial score (nSPS) is 11.6. The summed E-state index contributed by atoms with van der Waals surface area (Å²) < 4.78 is 44.3. The number of hydrogen-bond acceptors (Lipinski definition) is 4. The predicted molar refractivity (Wildman–Crippen MR) is 99.9 cm³/mol. The molecule has 142 valence electrons. The first-order chi connectivity index (χ1) is 13.4. The number of imidazole rings is 1. The van der Waals surface area contributed by atoms with Crippen LogP contribution in [0.4, 0.5) is 24.8 Å². The molecule has 0 aliphatic heterocycles. The van der Waals surface area contributed by atoms with Crippen molar-refractivity contribution in [3.05, 3.63) is 71.9 Å². The van der Waals surface area contributed by atoms with Crippen LogP contribution in [0.2, 0.25) is 0 Å². The first-order valence-electron chi connectivity index (χ1n) is 8.42. The fourth-order valence-electron chi connectivity index (χ4n) is 2.73. The number of nitrogens with one attached hydrogen (secondary N) is 2. The third kappa shape index (κ3) is 3.75. The molecular formula is C20H15F3N4O. The van der Waals surface area contributed by atoms with E-state index < -0.39 is 11.7 Å². The average Bonchev–Trinajstić information content (AvgIpc) is 3.04. The van der Waals surface area contributed by atoms with E-state index in [0.29, 0.717) is 11.6 Å². The Labute approximate surface area is 158 Å². The van der Waals surface area contributed by atoms with Crippen LogP contribution in [0.5, 0.6) is 11.6 Å². The Hall–Kier alpha value is -3.55. The molecule has 0 fully saturated rings. The minimum absolute atomic E-state index is 0.0387. The molecule has 4 aromatic rings. The second-order valence-electron chi connectivity index (χ2n) is 6.21. The second kappa shape index (κ2) is 6.88. The zero-order valence-corrected chi connectivity index (χ0v) is 14.7. The number of H-pyrrole nitrogens is 1. The minimum Gasteiger partial charge on any atom is -0.437 e. The number of benzene rings is 2. The Morgan fingerprint density at radius 2 is 1.89 bits per heavy atom. The smallest absolute Gasteiger partial charge is 0.416 e. The Balaban J connectivity index is 1.62. The fourth-order valence-corrected chi connectivity index (χ4v) is 2.73. The van der Waals surface area contributed by atoms with Crippen LogP contribution in [0.15, 0.2) is 60.8 Å². The first-order valence-corrected chi connectivity index (χ1v) is 8.42. The van der Waals surface area contributed by atoms with Crippen LogP contribution >= 0.6 is 0 Å². The number of halogens is 3. The third-order valence-corrected chi connectivity index (χ3v) is 4.04. The summed E-state index contributed by atoms with van der Waals surface area (Å²) in [7, 11) is 0. The number of alkyl halides is 3. The molecule has 0 spiro atoms. The topological polar surface area (TPSA) is 62.8 Å². The molecule has 0 saturated heterocycles. The van der Waals surface area contributed by atoms with Crippen LogP contribution in [-0.2, 0) is 6.18 Å². The van der Waals surface area contributed by atoms with E-state index in [1.54, 1.807) is 12.1 Å². The van der Waals surface area contributed by atoms with Crippen molar-refractivity contribution in [2.24, 2.45) is 0 Å². The number of nitrogens with zero attached hydrogens (tertiary/aromatic N) is 2. The molecule has 4 rings (SSSR count). The molecule has 8 heteroatoms. The number of fused-ring (bicyclic) bond motifs is 1. The summed E-state index contributed by atoms with van der Waals surface area (Å²) in [6, 6.07) is 13.9. The minimum atomic E-state index is -4.45. The number of rotatable bonds is 4. The van der Waals surface area contributed by atoms with Gasteiger partial charge in [0.15, 0.2) is 0 Å². The first kappa shape index (κ1) is 17.8. The summed E-state index contributed by atoms with van der Waals surface area (Å²) in [4.78, 5) is 11.7. The molecule has 2 aromatic heterocycles. The SMILES string of the molecule is Cc1ccc2nc(Nc3cccnc3Oc3cccc(C(F)(F)F)c3)[nH]c2c1. The van der Waals surface area contributed by atoms with Gasteiger partial charge in [-0.1, -0.05) is 12.1 Å². The number of ether oxygens (including phenoxy) is 1. The summed E-state index contributed by atoms with van der Waals surface area (Å²) in [6.07, 6.45) is -2.95. The maximum atomic E-state index is 12.9. The lowest BCUT2D eigenvalue weighted by molar-refractivity contribution is -0.137. The van der Waals surface area contributed by atoms with Crippen molar-refractivity contribution in [2.75, 3.05) is 5.32 Å². The number of pyridine rings is 1. The highest BCUT2D eigenvalue weighted by Crippen LogP contribution is 2.34. The van der Waals surface area contributed by atoms with E-state index in [1.807, 2.05) is 25.1 Å². The molecule has 5 nitrogen and oxygen atoms in total. The molecule has 0 atom stereocenters. The van der Waals surface area contributed by atoms with Crippen molar-refractivity contribution < 1.29 is 17.9 Å². The third-order valence-electron chi connectivity index (χ3n) is 4.04. The van der Waals surface area contributed by atoms with Crippen molar-refractivity contribution in [2.45, 2.75) is 13.1 Å². The number of aromatic amines is 1. The van der Waals surface area contributed by atoms with Crippen molar-refractivity contribution >= 4 is 22.7 Å². The zero-order valence-electron chi connectivity index (χ0n) is 14.7. The van der Waals surface area contributed by atoms with Crippen molar-refractivity contribution in [3.63, 3.8) is 0 Å². The van der Waals surface area contributed by atoms with Crippen molar-refractivity contribution in [1.29, 1.82) is 0 Å². The zero-order chi connectivity index (χ0) is 19.7. The van der Waals surface area contributed by atoms with Gasteiger partial charge in [0, 0.05) is 6.20 Å². The maximum Gasteiger partial charge on any atom is 0.416 e. The van der Waals surface area contributed by atoms with Gasteiger partial charge in [-0.15, -0.1) is 0 Å². The molecule has 28 heavy (non-hydrogen) atoms. The number of aryl methyl sites for hydroxylation is 1. The molecule has 2 heterocycles. The number of hydrogen-bond donors (Lipinski definition) is 2. The van der Waals surface area contributed by atoms with Gasteiger partial charge in [-0.3, -0.25) is 0 Å². The summed E-state index contributed by atoms with van der Waals surface area (Å²) in [5.41, 5.74) is 2.43. The Morgan fingerprint density at radius 1 is 1.04 bits per heavy atom. The average molecular weight is 384 g/mol. The van der Waals surface area contributed by atoms with Crippen LogP contribution in [0, 0.1) is 6.92 Å². The van der Waals surface area contributed by atoms with E-state index in [9.17, 15) is 13.2 Å². The highest BCUT2D eigenvalue weighted by atomic mass is 19.4. The molecule has 2 N–H and O–H groups in total. The largest absolute Gasteiger partial charge is 0.437 e. The predicted octanol–water partition coefficient (Wildman–Crippen LogP) is 5.82. The van der Waals surface area contributed by atoms with Crippen LogP contribution in [0.1, 0.15) is 11.1 Å². The lowest BCUT2D eigenvalue weighted by Crippen LogP contribution is -2.04. The van der Waals surface area contributed by atoms with Crippen LogP contribution in [-0.4, -0.2) is 15.0 Å². The van der Waals surface area contributed by atoms with Crippen LogP contribution in [0.25, 0.3) is 11.0 Å². The van der Waals surface area contributed by atoms with E-state index in [2.05, 4.69) is 20.3 Å². The van der Waals surface area contributed by atoms with Gasteiger partial charge in [0.2, 0.25) is 11.8 Å². The monoisotopic (exact) mass is 384 g/mol. The molecule has 0 saturated carbocycles. The molecular weight excluding hydrogens is 369 g/mol. The molecule has 0 bridgehead atoms. The summed E-state index contributed by atoms with van der Waals surface area (Å²) in [5.74, 6) is 0.651. The summed E-state index contributed by atoms with van der Waals surface area (Å²) in [6.45, 7) is 1.98. The maximum absolute atomic E-state index is 12.9. The van der Waals surface area contributed by atoms with Gasteiger partial charge in [0.25, 0.3) is 0 Å². The van der Waals surface area contributed by atoms with E-state index in [0.717, 1.165) is 28.7 Å². The van der Waals surface area contributed by atoms with Gasteiger partial charge in [-0.25, -0.2) is 9.97 Å². The van der Waals surface area contributed by atoms with Crippen molar-refractivity contribution in [1.82, 2.24) is 15.0 Å². The summed E-state index contributed by atoms with van der Waals surface area (Å²) >= 11 is 0. The van der Waals surface area contributed by atoms with Gasteiger partial charge in [0.1, 0.15) is 11.4 Å². The molecule has 0 radical (unpaired) electrons. The highest BCUT2D eigenvalue weighted by Gasteiger charge is 2.30. The highest BCUT2D eigenvalue weighted by molar-refractivity contribution is 5.79. The van der Waals surface area contributed by atoms with Gasteiger partial charge >= 0.3 is 6.18 Å². The Kier molecular flexibility index (Phi) is 4.38. The standard InChI is InChI=1S/C20H15F3N4O/c1-12-7-8-15-17(10-12)27-19(25-15)26-16-6-3-9-24-18(16)28-14-5-2-4-13(11-14)20(21,22)23/h2-11H,1H3,(H2,25,26,27). The molecule has 0 aliphatic carbocycles. The lowest BCUT2D eigenvalue weighted by atomic mass is 10.2. The van der Waals surface area contributed by atoms with Gasteiger partial charge in [0.05, 0.1) is 16.6 Å². The molecule has 0 amide bonds. The van der Waals surface area contributed by atoms with Gasteiger partial charge < -0.3 is 15.0 Å². The molecule has 0 unspecified atom stereocenters. The quantitative estimate of drug-likeness (QED) is 0.465. The Morgan fingerprint density at radius 3 is 2.71 bits per heavy atom. The van der Waals surface area contributed by atoms with E-state index >= 15 is 0 Å². The van der Waals surface area contributed by atoms with E-state index in [1.165, 1.54) is 18.3 Å². The van der Waals surface area contributed by atoms with E-state index in [4.69, 9.17) is 4.74 Å². The van der Waals surface area contributed by atoms with Gasteiger partial charge in [-0.2, -0.15) is 13.2 Å². The number of anilines is 2. The van der Waals surface area contributed by atoms with Crippen LogP contribution in [0.3, 0.4) is 0 Å². The lowest BCUT2D eigenvalue weighted by Gasteiger charge is -2.12. The molecule has 2 aromatic carbocycles. The van der Waals surface area contributed by atoms with Crippen LogP contribution < -0.4 is 10.1 Å². The number of aromatic nitrogens is 3. The summed E-state index contributed by atoms with van der Waals surface area (Å²) in [5, 5.41) is 3.07.